The molecule has 0 spiro atoms. The normalized spacial score (nSPS) is 19.4. The highest BCUT2D eigenvalue weighted by Gasteiger charge is 2.20. The van der Waals surface area contributed by atoms with Crippen LogP contribution in [0.1, 0.15) is 24.1 Å². The van der Waals surface area contributed by atoms with Crippen molar-refractivity contribution >= 4 is 5.82 Å². The Morgan fingerprint density at radius 1 is 1.29 bits per heavy atom. The third-order valence-electron chi connectivity index (χ3n) is 3.95. The van der Waals surface area contributed by atoms with Gasteiger partial charge in [0.1, 0.15) is 12.1 Å². The molecule has 0 amide bonds. The van der Waals surface area contributed by atoms with Gasteiger partial charge in [-0.1, -0.05) is 6.07 Å². The number of hydrogen-bond acceptors (Lipinski definition) is 5. The van der Waals surface area contributed by atoms with E-state index in [1.165, 1.54) is 18.4 Å². The monoisotopic (exact) mass is 283 g/mol. The first kappa shape index (κ1) is 13.9. The molecule has 110 valence electrons. The van der Waals surface area contributed by atoms with Crippen LogP contribution in [-0.2, 0) is 6.54 Å². The summed E-state index contributed by atoms with van der Waals surface area (Å²) in [6.07, 6.45) is 7.61. The van der Waals surface area contributed by atoms with Crippen LogP contribution in [0.2, 0.25) is 0 Å². The maximum Gasteiger partial charge on any atom is 0.129 e. The quantitative estimate of drug-likeness (QED) is 0.932. The fraction of sp³-hybridized carbons (Fsp3) is 0.438. The van der Waals surface area contributed by atoms with Crippen LogP contribution >= 0.6 is 0 Å². The molecule has 0 bridgehead atoms. The predicted octanol–water partition coefficient (Wildman–Crippen LogP) is 2.26. The lowest BCUT2D eigenvalue weighted by molar-refractivity contribution is 0.208. The van der Waals surface area contributed by atoms with Gasteiger partial charge in [0.2, 0.25) is 0 Å². The average Bonchev–Trinajstić information content (AvgIpc) is 2.51. The maximum absolute atomic E-state index is 4.37. The fourth-order valence-corrected chi connectivity index (χ4v) is 2.83. The molecule has 0 radical (unpaired) electrons. The first-order chi connectivity index (χ1) is 10.3. The Labute approximate surface area is 125 Å². The van der Waals surface area contributed by atoms with E-state index in [-0.39, 0.29) is 0 Å². The second kappa shape index (κ2) is 6.63. The molecular weight excluding hydrogens is 262 g/mol. The number of nitrogens with one attached hydrogen (secondary N) is 1. The van der Waals surface area contributed by atoms with Crippen molar-refractivity contribution < 1.29 is 0 Å². The van der Waals surface area contributed by atoms with Crippen LogP contribution in [0.25, 0.3) is 0 Å². The molecule has 5 heteroatoms. The average molecular weight is 283 g/mol. The molecule has 1 unspecified atom stereocenters. The zero-order valence-corrected chi connectivity index (χ0v) is 12.4. The van der Waals surface area contributed by atoms with E-state index < -0.39 is 0 Å². The van der Waals surface area contributed by atoms with Gasteiger partial charge in [-0.3, -0.25) is 9.88 Å². The summed E-state index contributed by atoms with van der Waals surface area (Å²) in [4.78, 5) is 15.1. The van der Waals surface area contributed by atoms with Gasteiger partial charge in [0.25, 0.3) is 0 Å². The van der Waals surface area contributed by atoms with Gasteiger partial charge >= 0.3 is 0 Å². The lowest BCUT2D eigenvalue weighted by Gasteiger charge is -2.33. The zero-order chi connectivity index (χ0) is 14.5. The Hall–Kier alpha value is -2.01. The molecule has 0 saturated carbocycles. The number of rotatable bonds is 4. The molecule has 1 saturated heterocycles. The van der Waals surface area contributed by atoms with E-state index >= 15 is 0 Å². The van der Waals surface area contributed by atoms with E-state index in [4.69, 9.17) is 0 Å². The Kier molecular flexibility index (Phi) is 4.40. The molecule has 0 aromatic carbocycles. The summed E-state index contributed by atoms with van der Waals surface area (Å²) >= 11 is 0. The van der Waals surface area contributed by atoms with Crippen LogP contribution < -0.4 is 5.32 Å². The van der Waals surface area contributed by atoms with Crippen molar-refractivity contribution in [3.63, 3.8) is 0 Å². The maximum atomic E-state index is 4.37. The van der Waals surface area contributed by atoms with E-state index in [0.717, 1.165) is 31.1 Å². The SMILES string of the molecule is Cc1ncccc1CN1CCCC(Nc2ccncn2)C1. The van der Waals surface area contributed by atoms with Crippen LogP contribution in [0, 0.1) is 6.92 Å². The molecule has 1 N–H and O–H groups in total. The van der Waals surface area contributed by atoms with Crippen molar-refractivity contribution in [2.45, 2.75) is 32.4 Å². The lowest BCUT2D eigenvalue weighted by atomic mass is 10.0. The first-order valence-electron chi connectivity index (χ1n) is 7.46. The second-order valence-electron chi connectivity index (χ2n) is 5.56. The molecule has 0 aliphatic carbocycles. The largest absolute Gasteiger partial charge is 0.366 e. The van der Waals surface area contributed by atoms with Crippen LogP contribution in [0.4, 0.5) is 5.82 Å². The Morgan fingerprint density at radius 3 is 3.05 bits per heavy atom. The van der Waals surface area contributed by atoms with Crippen molar-refractivity contribution in [3.05, 3.63) is 48.2 Å². The summed E-state index contributed by atoms with van der Waals surface area (Å²) in [5.74, 6) is 0.911. The first-order valence-corrected chi connectivity index (χ1v) is 7.46. The minimum atomic E-state index is 0.450. The molecule has 1 fully saturated rings. The highest BCUT2D eigenvalue weighted by atomic mass is 15.2. The van der Waals surface area contributed by atoms with Crippen LogP contribution in [0.15, 0.2) is 36.9 Å². The van der Waals surface area contributed by atoms with Crippen LogP contribution in [0.3, 0.4) is 0 Å². The van der Waals surface area contributed by atoms with Gasteiger partial charge in [0, 0.05) is 37.2 Å². The number of likely N-dealkylation sites (tertiary alicyclic amines) is 1. The lowest BCUT2D eigenvalue weighted by Crippen LogP contribution is -2.41. The highest BCUT2D eigenvalue weighted by molar-refractivity contribution is 5.33. The predicted molar refractivity (Wildman–Crippen MR) is 82.9 cm³/mol. The molecule has 5 nitrogen and oxygen atoms in total. The minimum absolute atomic E-state index is 0.450. The number of anilines is 1. The number of piperidine rings is 1. The van der Waals surface area contributed by atoms with Gasteiger partial charge in [-0.15, -0.1) is 0 Å². The van der Waals surface area contributed by atoms with Gasteiger partial charge in [-0.25, -0.2) is 9.97 Å². The molecule has 3 rings (SSSR count). The van der Waals surface area contributed by atoms with Crippen LogP contribution in [0.5, 0.6) is 0 Å². The summed E-state index contributed by atoms with van der Waals surface area (Å²) in [5, 5.41) is 3.50. The molecule has 2 aromatic heterocycles. The van der Waals surface area contributed by atoms with Crippen molar-refractivity contribution in [3.8, 4) is 0 Å². The third kappa shape index (κ3) is 3.76. The molecule has 1 aliphatic heterocycles. The van der Waals surface area contributed by atoms with E-state index in [2.05, 4.69) is 38.2 Å². The smallest absolute Gasteiger partial charge is 0.129 e. The van der Waals surface area contributed by atoms with Crippen molar-refractivity contribution in [2.75, 3.05) is 18.4 Å². The summed E-state index contributed by atoms with van der Waals surface area (Å²) in [5.41, 5.74) is 2.45. The standard InChI is InChI=1S/C16H21N5/c1-13-14(4-2-7-18-13)10-21-9-3-5-15(11-21)20-16-6-8-17-12-19-16/h2,4,6-8,12,15H,3,5,9-11H2,1H3,(H,17,19,20). The van der Waals surface area contributed by atoms with Crippen LogP contribution in [-0.4, -0.2) is 39.0 Å². The van der Waals surface area contributed by atoms with Gasteiger partial charge in [-0.05, 0) is 44.0 Å². The summed E-state index contributed by atoms with van der Waals surface area (Å²) in [6.45, 7) is 5.24. The Bertz CT molecular complexity index is 572. The minimum Gasteiger partial charge on any atom is -0.366 e. The second-order valence-corrected chi connectivity index (χ2v) is 5.56. The molecule has 1 atom stereocenters. The molecule has 1 aliphatic rings. The summed E-state index contributed by atoms with van der Waals surface area (Å²) in [6, 6.07) is 6.56. The van der Waals surface area contributed by atoms with E-state index in [0.29, 0.717) is 6.04 Å². The van der Waals surface area contributed by atoms with Gasteiger partial charge in [0.15, 0.2) is 0 Å². The van der Waals surface area contributed by atoms with E-state index in [1.807, 2.05) is 18.3 Å². The summed E-state index contributed by atoms with van der Waals surface area (Å²) < 4.78 is 0. The molecule has 3 heterocycles. The molecule has 21 heavy (non-hydrogen) atoms. The number of aryl methyl sites for hydroxylation is 1. The van der Waals surface area contributed by atoms with Gasteiger partial charge in [0.05, 0.1) is 0 Å². The Balaban J connectivity index is 1.60. The Morgan fingerprint density at radius 2 is 2.24 bits per heavy atom. The summed E-state index contributed by atoms with van der Waals surface area (Å²) in [7, 11) is 0. The highest BCUT2D eigenvalue weighted by Crippen LogP contribution is 2.17. The fourth-order valence-electron chi connectivity index (χ4n) is 2.83. The van der Waals surface area contributed by atoms with Gasteiger partial charge < -0.3 is 5.32 Å². The topological polar surface area (TPSA) is 53.9 Å². The van der Waals surface area contributed by atoms with Gasteiger partial charge in [-0.2, -0.15) is 0 Å². The van der Waals surface area contributed by atoms with Crippen molar-refractivity contribution in [2.24, 2.45) is 0 Å². The van der Waals surface area contributed by atoms with Crippen molar-refractivity contribution in [1.82, 2.24) is 19.9 Å². The number of hydrogen-bond donors (Lipinski definition) is 1. The molecular formula is C16H21N5. The number of nitrogens with zero attached hydrogens (tertiary/aromatic N) is 4. The van der Waals surface area contributed by atoms with E-state index in [9.17, 15) is 0 Å². The number of aromatic nitrogens is 3. The third-order valence-corrected chi connectivity index (χ3v) is 3.95. The van der Waals surface area contributed by atoms with E-state index in [1.54, 1.807) is 12.5 Å². The number of pyridine rings is 1. The zero-order valence-electron chi connectivity index (χ0n) is 12.4. The molecule has 2 aromatic rings. The van der Waals surface area contributed by atoms with Crippen molar-refractivity contribution in [1.29, 1.82) is 0 Å².